The molecule has 0 radical (unpaired) electrons. The summed E-state index contributed by atoms with van der Waals surface area (Å²) >= 11 is 0. The third-order valence-corrected chi connectivity index (χ3v) is 7.00. The lowest BCUT2D eigenvalue weighted by Gasteiger charge is -2.35. The van der Waals surface area contributed by atoms with Crippen molar-refractivity contribution in [2.75, 3.05) is 0 Å². The molecule has 0 aromatic heterocycles. The van der Waals surface area contributed by atoms with Crippen LogP contribution < -0.4 is 0 Å². The second kappa shape index (κ2) is 11.6. The minimum absolute atomic E-state index is 0.0101. The van der Waals surface area contributed by atoms with Crippen LogP contribution in [0.1, 0.15) is 98.3 Å². The Hall–Kier alpha value is -2.49. The van der Waals surface area contributed by atoms with Gasteiger partial charge >= 0.3 is 5.97 Å². The van der Waals surface area contributed by atoms with Crippen LogP contribution in [0.4, 0.5) is 0 Å². The van der Waals surface area contributed by atoms with Crippen LogP contribution in [0.25, 0.3) is 0 Å². The largest absolute Gasteiger partial charge is 0.335 e. The second-order valence-corrected chi connectivity index (χ2v) is 9.42. The number of hydrogen-bond acceptors (Lipinski definition) is 4. The number of fused-ring (bicyclic) bond motifs is 2. The quantitative estimate of drug-likeness (QED) is 0.187. The molecule has 0 fully saturated rings. The maximum atomic E-state index is 13.3. The van der Waals surface area contributed by atoms with Gasteiger partial charge in [0.1, 0.15) is 5.71 Å². The van der Waals surface area contributed by atoms with E-state index in [4.69, 9.17) is 4.84 Å². The highest BCUT2D eigenvalue weighted by molar-refractivity contribution is 6.45. The van der Waals surface area contributed by atoms with Crippen molar-refractivity contribution in [1.82, 2.24) is 0 Å². The standard InChI is InChI=1S/C29H39NO3/c1-5-8-18-29(19-9-6-2)25-17-11-10-15-23(25)24-16-12-14-22(20-26(24)29)28(32)21(4)30-33-27(31)13-7-3/h12,14-15,17,20H,5-11,13,16,18-19H2,1-4H3/b30-21-. The molecule has 0 spiro atoms. The average molecular weight is 450 g/mol. The molecular weight excluding hydrogens is 410 g/mol. The van der Waals surface area contributed by atoms with Gasteiger partial charge in [-0.15, -0.1) is 0 Å². The molecule has 4 heteroatoms. The van der Waals surface area contributed by atoms with Crippen molar-refractivity contribution in [2.24, 2.45) is 10.6 Å². The molecule has 178 valence electrons. The fourth-order valence-electron chi connectivity index (χ4n) is 5.33. The number of unbranched alkanes of at least 4 members (excludes halogenated alkanes) is 2. The van der Waals surface area contributed by atoms with E-state index in [1.807, 2.05) is 13.0 Å². The predicted molar refractivity (Wildman–Crippen MR) is 135 cm³/mol. The van der Waals surface area contributed by atoms with Crippen LogP contribution in [0.15, 0.2) is 63.4 Å². The maximum Gasteiger partial charge on any atom is 0.335 e. The van der Waals surface area contributed by atoms with Crippen LogP contribution in [0, 0.1) is 5.41 Å². The van der Waals surface area contributed by atoms with E-state index in [0.29, 0.717) is 18.4 Å². The first-order valence-corrected chi connectivity index (χ1v) is 12.8. The van der Waals surface area contributed by atoms with Gasteiger partial charge in [-0.3, -0.25) is 4.79 Å². The SMILES string of the molecule is CCCCC1(CCCC)C2=CCCC=C2C2=C1C=C(C(=O)/C(C)=N\OC(=O)CCC)C=CC2. The van der Waals surface area contributed by atoms with E-state index in [1.165, 1.54) is 35.1 Å². The van der Waals surface area contributed by atoms with E-state index in [0.717, 1.165) is 44.9 Å². The number of rotatable bonds is 11. The predicted octanol–water partition coefficient (Wildman–Crippen LogP) is 7.48. The molecule has 0 heterocycles. The van der Waals surface area contributed by atoms with Crippen LogP contribution in [-0.2, 0) is 14.4 Å². The van der Waals surface area contributed by atoms with Crippen LogP contribution in [0.2, 0.25) is 0 Å². The molecule has 0 unspecified atom stereocenters. The van der Waals surface area contributed by atoms with Crippen molar-refractivity contribution in [2.45, 2.75) is 98.3 Å². The zero-order valence-electron chi connectivity index (χ0n) is 20.8. The topological polar surface area (TPSA) is 55.7 Å². The smallest absolute Gasteiger partial charge is 0.318 e. The van der Waals surface area contributed by atoms with Crippen molar-refractivity contribution >= 4 is 17.5 Å². The maximum absolute atomic E-state index is 13.3. The Labute approximate surface area is 199 Å². The van der Waals surface area contributed by atoms with Gasteiger partial charge < -0.3 is 4.84 Å². The third-order valence-electron chi connectivity index (χ3n) is 7.00. The number of carbonyl (C=O) groups is 2. The zero-order valence-corrected chi connectivity index (χ0v) is 20.8. The summed E-state index contributed by atoms with van der Waals surface area (Å²) < 4.78 is 0. The second-order valence-electron chi connectivity index (χ2n) is 9.42. The van der Waals surface area contributed by atoms with Crippen molar-refractivity contribution < 1.29 is 14.4 Å². The zero-order chi connectivity index (χ0) is 23.8. The molecule has 3 aliphatic carbocycles. The molecule has 0 aliphatic heterocycles. The summed E-state index contributed by atoms with van der Waals surface area (Å²) in [5.41, 5.74) is 6.45. The Morgan fingerprint density at radius 3 is 2.39 bits per heavy atom. The van der Waals surface area contributed by atoms with Gasteiger partial charge in [-0.2, -0.15) is 0 Å². The van der Waals surface area contributed by atoms with Gasteiger partial charge in [0.2, 0.25) is 5.78 Å². The molecule has 3 aliphatic rings. The highest BCUT2D eigenvalue weighted by Crippen LogP contribution is 2.59. The summed E-state index contributed by atoms with van der Waals surface area (Å²) in [6.45, 7) is 8.03. The van der Waals surface area contributed by atoms with E-state index in [-0.39, 0.29) is 16.9 Å². The molecule has 0 saturated heterocycles. The van der Waals surface area contributed by atoms with Crippen molar-refractivity contribution in [3.63, 3.8) is 0 Å². The molecule has 0 amide bonds. The fourth-order valence-corrected chi connectivity index (χ4v) is 5.33. The van der Waals surface area contributed by atoms with E-state index >= 15 is 0 Å². The molecule has 33 heavy (non-hydrogen) atoms. The number of ketones is 1. The highest BCUT2D eigenvalue weighted by Gasteiger charge is 2.45. The molecule has 0 saturated carbocycles. The van der Waals surface area contributed by atoms with Gasteiger partial charge in [0, 0.05) is 17.4 Å². The van der Waals surface area contributed by atoms with Crippen LogP contribution >= 0.6 is 0 Å². The van der Waals surface area contributed by atoms with Crippen molar-refractivity contribution in [1.29, 1.82) is 0 Å². The molecule has 3 rings (SSSR count). The first kappa shape index (κ1) is 25.1. The first-order chi connectivity index (χ1) is 16.0. The van der Waals surface area contributed by atoms with Crippen molar-refractivity contribution in [3.05, 3.63) is 58.2 Å². The van der Waals surface area contributed by atoms with E-state index in [2.05, 4.69) is 43.3 Å². The van der Waals surface area contributed by atoms with E-state index in [9.17, 15) is 9.59 Å². The Kier molecular flexibility index (Phi) is 8.82. The van der Waals surface area contributed by atoms with Gasteiger partial charge in [-0.1, -0.05) is 75.9 Å². The number of allylic oxidation sites excluding steroid dienone is 10. The molecule has 0 aromatic rings. The Morgan fingerprint density at radius 1 is 1.03 bits per heavy atom. The lowest BCUT2D eigenvalue weighted by molar-refractivity contribution is -0.143. The molecule has 0 atom stereocenters. The number of nitrogens with zero attached hydrogens (tertiary/aromatic N) is 1. The summed E-state index contributed by atoms with van der Waals surface area (Å²) in [7, 11) is 0. The summed E-state index contributed by atoms with van der Waals surface area (Å²) in [4.78, 5) is 29.9. The summed E-state index contributed by atoms with van der Waals surface area (Å²) in [6.07, 6.45) is 21.9. The number of carbonyl (C=O) groups excluding carboxylic acids is 2. The number of Topliss-reactive ketones (excluding diaryl/α,β-unsaturated/α-hetero) is 1. The normalized spacial score (nSPS) is 19.3. The molecule has 0 N–H and O–H groups in total. The van der Waals surface area contributed by atoms with Gasteiger partial charge in [0.25, 0.3) is 0 Å². The summed E-state index contributed by atoms with van der Waals surface area (Å²) in [5.74, 6) is -0.584. The number of oxime groups is 1. The highest BCUT2D eigenvalue weighted by atomic mass is 16.7. The van der Waals surface area contributed by atoms with E-state index < -0.39 is 5.97 Å². The van der Waals surface area contributed by atoms with Gasteiger partial charge in [0.05, 0.1) is 0 Å². The van der Waals surface area contributed by atoms with Crippen LogP contribution in [-0.4, -0.2) is 17.5 Å². The third kappa shape index (κ3) is 5.37. The van der Waals surface area contributed by atoms with Gasteiger partial charge in [0.15, 0.2) is 0 Å². The molecule has 0 bridgehead atoms. The minimum Gasteiger partial charge on any atom is -0.318 e. The minimum atomic E-state index is -0.406. The van der Waals surface area contributed by atoms with Crippen LogP contribution in [0.5, 0.6) is 0 Å². The fraction of sp³-hybridized carbons (Fsp3) is 0.552. The molecular formula is C29H39NO3. The summed E-state index contributed by atoms with van der Waals surface area (Å²) in [5, 5.41) is 3.85. The summed E-state index contributed by atoms with van der Waals surface area (Å²) in [6, 6.07) is 0. The lowest BCUT2D eigenvalue weighted by atomic mass is 9.68. The Balaban J connectivity index is 2.02. The average Bonchev–Trinajstić information content (AvgIpc) is 2.95. The molecule has 4 nitrogen and oxygen atoms in total. The van der Waals surface area contributed by atoms with Crippen molar-refractivity contribution in [3.8, 4) is 0 Å². The Morgan fingerprint density at radius 2 is 1.73 bits per heavy atom. The lowest BCUT2D eigenvalue weighted by Crippen LogP contribution is -2.24. The monoisotopic (exact) mass is 449 g/mol. The molecule has 0 aromatic carbocycles. The first-order valence-electron chi connectivity index (χ1n) is 12.8. The van der Waals surface area contributed by atoms with Crippen LogP contribution in [0.3, 0.4) is 0 Å². The van der Waals surface area contributed by atoms with Gasteiger partial charge in [-0.05, 0) is 73.8 Å². The van der Waals surface area contributed by atoms with E-state index in [1.54, 1.807) is 6.92 Å². The van der Waals surface area contributed by atoms with Gasteiger partial charge in [-0.25, -0.2) is 4.79 Å². The Bertz CT molecular complexity index is 947. The number of hydrogen-bond donors (Lipinski definition) is 0.